The molecule has 0 aromatic heterocycles. The maximum Gasteiger partial charge on any atom is 0.323 e. The van der Waals surface area contributed by atoms with Gasteiger partial charge in [-0.25, -0.2) is 8.42 Å². The molecule has 1 N–H and O–H groups in total. The molecule has 0 aliphatic heterocycles. The molecule has 8 heteroatoms. The first-order valence-corrected chi connectivity index (χ1v) is 9.60. The molecule has 1 aromatic rings. The first-order chi connectivity index (χ1) is 11.3. The predicted octanol–water partition coefficient (Wildman–Crippen LogP) is 1.32. The summed E-state index contributed by atoms with van der Waals surface area (Å²) in [7, 11) is -3.23. The van der Waals surface area contributed by atoms with Gasteiger partial charge < -0.3 is 14.7 Å². The van der Waals surface area contributed by atoms with Crippen molar-refractivity contribution >= 4 is 21.7 Å². The fraction of sp³-hybridized carbons (Fsp3) is 0.500. The molecule has 0 radical (unpaired) electrons. The lowest BCUT2D eigenvalue weighted by atomic mass is 10.2. The summed E-state index contributed by atoms with van der Waals surface area (Å²) in [5.41, 5.74) is 0. The Balaban J connectivity index is 1.76. The van der Waals surface area contributed by atoms with Gasteiger partial charge in [0.2, 0.25) is 5.91 Å². The van der Waals surface area contributed by atoms with Crippen LogP contribution in [-0.4, -0.2) is 55.7 Å². The zero-order valence-electron chi connectivity index (χ0n) is 13.5. The molecule has 0 spiro atoms. The zero-order valence-corrected chi connectivity index (χ0v) is 14.3. The smallest absolute Gasteiger partial charge is 0.323 e. The molecule has 7 nitrogen and oxygen atoms in total. The molecule has 1 fully saturated rings. The van der Waals surface area contributed by atoms with Crippen LogP contribution in [0.5, 0.6) is 5.75 Å². The summed E-state index contributed by atoms with van der Waals surface area (Å²) in [5, 5.41) is 8.85. The number of benzene rings is 1. The highest BCUT2D eigenvalue weighted by Gasteiger charge is 2.33. The average molecular weight is 355 g/mol. The first-order valence-electron chi connectivity index (χ1n) is 7.71. The van der Waals surface area contributed by atoms with E-state index in [1.54, 1.807) is 12.1 Å². The number of sulfone groups is 1. The predicted molar refractivity (Wildman–Crippen MR) is 86.7 cm³/mol. The number of nitrogens with zero attached hydrogens (tertiary/aromatic N) is 1. The number of carbonyl (C=O) groups excluding carboxylic acids is 1. The van der Waals surface area contributed by atoms with E-state index in [2.05, 4.69) is 0 Å². The van der Waals surface area contributed by atoms with E-state index in [0.717, 1.165) is 19.1 Å². The summed E-state index contributed by atoms with van der Waals surface area (Å²) < 4.78 is 28.2. The number of aliphatic carboxylic acids is 1. The summed E-state index contributed by atoms with van der Waals surface area (Å²) >= 11 is 0. The number of rotatable bonds is 9. The van der Waals surface area contributed by atoms with Crippen LogP contribution < -0.4 is 4.74 Å². The molecule has 1 amide bonds. The molecular formula is C16H21NO6S. The second-order valence-corrected chi connectivity index (χ2v) is 7.86. The Hall–Kier alpha value is -2.09. The molecule has 0 atom stereocenters. The van der Waals surface area contributed by atoms with E-state index in [4.69, 9.17) is 9.84 Å². The Morgan fingerprint density at radius 2 is 1.88 bits per heavy atom. The third-order valence-corrected chi connectivity index (χ3v) is 4.80. The van der Waals surface area contributed by atoms with Gasteiger partial charge in [0, 0.05) is 18.7 Å². The average Bonchev–Trinajstić information content (AvgIpc) is 3.33. The lowest BCUT2D eigenvalue weighted by Gasteiger charge is -2.20. The minimum atomic E-state index is -3.23. The Morgan fingerprint density at radius 3 is 2.38 bits per heavy atom. The van der Waals surface area contributed by atoms with E-state index in [-0.39, 0.29) is 29.8 Å². The number of ether oxygens (including phenoxy) is 1. The van der Waals surface area contributed by atoms with E-state index in [1.165, 1.54) is 17.0 Å². The number of hydrogen-bond acceptors (Lipinski definition) is 5. The largest absolute Gasteiger partial charge is 0.494 e. The summed E-state index contributed by atoms with van der Waals surface area (Å²) in [6.45, 7) is 0.0485. The van der Waals surface area contributed by atoms with E-state index in [9.17, 15) is 18.0 Å². The van der Waals surface area contributed by atoms with Crippen molar-refractivity contribution in [2.75, 3.05) is 19.4 Å². The summed E-state index contributed by atoms with van der Waals surface area (Å²) in [4.78, 5) is 24.5. The second-order valence-electron chi connectivity index (χ2n) is 5.84. The van der Waals surface area contributed by atoms with Gasteiger partial charge in [-0.15, -0.1) is 0 Å². The van der Waals surface area contributed by atoms with Crippen molar-refractivity contribution in [2.45, 2.75) is 36.6 Å². The quantitative estimate of drug-likeness (QED) is 0.671. The lowest BCUT2D eigenvalue weighted by Crippen LogP contribution is -2.37. The number of carboxylic acid groups (broad SMARTS) is 1. The Labute approximate surface area is 141 Å². The number of hydrogen-bond donors (Lipinski definition) is 1. The number of carbonyl (C=O) groups is 2. The highest BCUT2D eigenvalue weighted by atomic mass is 32.2. The lowest BCUT2D eigenvalue weighted by molar-refractivity contribution is -0.145. The molecule has 1 aromatic carbocycles. The maximum atomic E-state index is 12.1. The molecule has 1 aliphatic rings. The van der Waals surface area contributed by atoms with Crippen LogP contribution in [0.1, 0.15) is 25.7 Å². The highest BCUT2D eigenvalue weighted by molar-refractivity contribution is 7.90. The van der Waals surface area contributed by atoms with E-state index in [1.807, 2.05) is 0 Å². The minimum Gasteiger partial charge on any atom is -0.494 e. The normalized spacial score (nSPS) is 14.2. The molecule has 0 saturated heterocycles. The van der Waals surface area contributed by atoms with E-state index < -0.39 is 15.8 Å². The van der Waals surface area contributed by atoms with Crippen LogP contribution in [0, 0.1) is 0 Å². The van der Waals surface area contributed by atoms with Gasteiger partial charge in [0.1, 0.15) is 12.3 Å². The van der Waals surface area contributed by atoms with Crippen molar-refractivity contribution in [1.29, 1.82) is 0 Å². The molecule has 1 saturated carbocycles. The van der Waals surface area contributed by atoms with E-state index >= 15 is 0 Å². The fourth-order valence-corrected chi connectivity index (χ4v) is 2.92. The van der Waals surface area contributed by atoms with Gasteiger partial charge in [0.15, 0.2) is 9.84 Å². The molecule has 0 heterocycles. The van der Waals surface area contributed by atoms with Crippen molar-refractivity contribution in [3.63, 3.8) is 0 Å². The fourth-order valence-electron chi connectivity index (χ4n) is 2.29. The third-order valence-electron chi connectivity index (χ3n) is 3.67. The zero-order chi connectivity index (χ0) is 17.7. The molecular weight excluding hydrogens is 334 g/mol. The van der Waals surface area contributed by atoms with Crippen LogP contribution in [0.2, 0.25) is 0 Å². The minimum absolute atomic E-state index is 0.0676. The van der Waals surface area contributed by atoms with Crippen LogP contribution in [0.15, 0.2) is 29.2 Å². The van der Waals surface area contributed by atoms with Gasteiger partial charge in [-0.05, 0) is 43.5 Å². The SMILES string of the molecule is CS(=O)(=O)c1ccc(OCCCC(=O)N(CC(=O)O)C2CC2)cc1. The molecule has 132 valence electrons. The van der Waals surface area contributed by atoms with Crippen molar-refractivity contribution in [3.05, 3.63) is 24.3 Å². The molecule has 0 unspecified atom stereocenters. The number of amides is 1. The molecule has 1 aliphatic carbocycles. The highest BCUT2D eigenvalue weighted by Crippen LogP contribution is 2.27. The summed E-state index contributed by atoms with van der Waals surface area (Å²) in [6.07, 6.45) is 3.56. The maximum absolute atomic E-state index is 12.1. The van der Waals surface area contributed by atoms with Crippen LogP contribution in [0.3, 0.4) is 0 Å². The summed E-state index contributed by atoms with van der Waals surface area (Å²) in [5.74, 6) is -0.646. The van der Waals surface area contributed by atoms with Gasteiger partial charge in [0.25, 0.3) is 0 Å². The topological polar surface area (TPSA) is 101 Å². The summed E-state index contributed by atoms with van der Waals surface area (Å²) in [6, 6.07) is 6.14. The Bertz CT molecular complexity index is 694. The van der Waals surface area contributed by atoms with Crippen molar-refractivity contribution < 1.29 is 27.9 Å². The van der Waals surface area contributed by atoms with Crippen LogP contribution in [-0.2, 0) is 19.4 Å². The molecule has 2 rings (SSSR count). The van der Waals surface area contributed by atoms with E-state index in [0.29, 0.717) is 18.8 Å². The second kappa shape index (κ2) is 7.65. The molecule has 24 heavy (non-hydrogen) atoms. The van der Waals surface area contributed by atoms with Gasteiger partial charge in [0.05, 0.1) is 11.5 Å². The standard InChI is InChI=1S/C16H21NO6S/c1-24(21,22)14-8-6-13(7-9-14)23-10-2-3-15(18)17(11-16(19)20)12-4-5-12/h6-9,12H,2-5,10-11H2,1H3,(H,19,20). The van der Waals surface area contributed by atoms with Gasteiger partial charge in [-0.1, -0.05) is 0 Å². The monoisotopic (exact) mass is 355 g/mol. The van der Waals surface area contributed by atoms with Crippen molar-refractivity contribution in [1.82, 2.24) is 4.90 Å². The third kappa shape index (κ3) is 5.52. The number of carboxylic acids is 1. The Morgan fingerprint density at radius 1 is 1.25 bits per heavy atom. The van der Waals surface area contributed by atoms with Crippen LogP contribution in [0.25, 0.3) is 0 Å². The van der Waals surface area contributed by atoms with Gasteiger partial charge in [-0.2, -0.15) is 0 Å². The van der Waals surface area contributed by atoms with Gasteiger partial charge >= 0.3 is 5.97 Å². The van der Waals surface area contributed by atoms with Crippen LogP contribution >= 0.6 is 0 Å². The van der Waals surface area contributed by atoms with Crippen molar-refractivity contribution in [3.8, 4) is 5.75 Å². The Kier molecular flexibility index (Phi) is 5.82. The molecule has 0 bridgehead atoms. The van der Waals surface area contributed by atoms with Crippen molar-refractivity contribution in [2.24, 2.45) is 0 Å². The first kappa shape index (κ1) is 18.3. The van der Waals surface area contributed by atoms with Gasteiger partial charge in [-0.3, -0.25) is 9.59 Å². The van der Waals surface area contributed by atoms with Crippen LogP contribution in [0.4, 0.5) is 0 Å².